The molecule has 2 N–H and O–H groups in total. The van der Waals surface area contributed by atoms with Gasteiger partial charge in [-0.3, -0.25) is 10.1 Å². The van der Waals surface area contributed by atoms with Crippen LogP contribution in [0.25, 0.3) is 0 Å². The molecule has 10 heteroatoms. The molecule has 2 aromatic rings. The molecular formula is C17H18N2O7S. The summed E-state index contributed by atoms with van der Waals surface area (Å²) in [7, 11) is -3.63. The molecule has 144 valence electrons. The molecule has 0 atom stereocenters. The van der Waals surface area contributed by atoms with Gasteiger partial charge in [-0.05, 0) is 24.3 Å². The number of ether oxygens (including phenoxy) is 1. The normalized spacial score (nSPS) is 10.9. The van der Waals surface area contributed by atoms with Gasteiger partial charge in [-0.15, -0.1) is 0 Å². The molecule has 0 aliphatic carbocycles. The van der Waals surface area contributed by atoms with Gasteiger partial charge in [0.15, 0.2) is 16.4 Å². The summed E-state index contributed by atoms with van der Waals surface area (Å²) in [5.74, 6) is -1.53. The molecule has 0 radical (unpaired) electrons. The van der Waals surface area contributed by atoms with Gasteiger partial charge in [-0.1, -0.05) is 19.1 Å². The molecule has 1 aromatic carbocycles. The van der Waals surface area contributed by atoms with Gasteiger partial charge >= 0.3 is 12.0 Å². The van der Waals surface area contributed by atoms with Crippen molar-refractivity contribution in [1.29, 1.82) is 0 Å². The number of amides is 3. The number of hydrogen-bond acceptors (Lipinski definition) is 7. The van der Waals surface area contributed by atoms with E-state index in [1.807, 2.05) is 5.32 Å². The van der Waals surface area contributed by atoms with Crippen molar-refractivity contribution in [2.24, 2.45) is 0 Å². The van der Waals surface area contributed by atoms with Crippen LogP contribution in [0.2, 0.25) is 0 Å². The highest BCUT2D eigenvalue weighted by atomic mass is 32.2. The molecule has 3 amide bonds. The first-order valence-corrected chi connectivity index (χ1v) is 9.57. The number of rotatable bonds is 7. The Morgan fingerprint density at radius 1 is 1.11 bits per heavy atom. The van der Waals surface area contributed by atoms with E-state index in [1.165, 1.54) is 37.5 Å². The Bertz CT molecular complexity index is 921. The van der Waals surface area contributed by atoms with Crippen LogP contribution in [0.15, 0.2) is 52.0 Å². The highest BCUT2D eigenvalue weighted by Crippen LogP contribution is 2.17. The highest BCUT2D eigenvalue weighted by molar-refractivity contribution is 7.91. The van der Waals surface area contributed by atoms with Crippen molar-refractivity contribution in [2.75, 3.05) is 12.4 Å². The van der Waals surface area contributed by atoms with Gasteiger partial charge in [-0.2, -0.15) is 0 Å². The minimum Gasteiger partial charge on any atom is -0.467 e. The van der Waals surface area contributed by atoms with E-state index < -0.39 is 34.4 Å². The zero-order valence-electron chi connectivity index (χ0n) is 14.4. The number of imide groups is 1. The van der Waals surface area contributed by atoms with E-state index in [1.54, 1.807) is 12.1 Å². The summed E-state index contributed by atoms with van der Waals surface area (Å²) < 4.78 is 33.9. The number of benzene rings is 1. The van der Waals surface area contributed by atoms with Gasteiger partial charge in [0.2, 0.25) is 0 Å². The van der Waals surface area contributed by atoms with E-state index in [0.717, 1.165) is 0 Å². The Balaban J connectivity index is 1.88. The molecule has 27 heavy (non-hydrogen) atoms. The van der Waals surface area contributed by atoms with E-state index in [0.29, 0.717) is 5.76 Å². The monoisotopic (exact) mass is 394 g/mol. The smallest absolute Gasteiger partial charge is 0.339 e. The predicted molar refractivity (Wildman–Crippen MR) is 93.5 cm³/mol. The standard InChI is InChI=1S/C17H18N2O7S/c1-2-27(23,24)14-8-4-3-7-13(14)16(21)26-11-15(20)19-17(22)18-10-12-6-5-9-25-12/h3-9H,2,10-11H2,1H3,(H2,18,19,20,22). The first kappa shape index (κ1) is 20.2. The van der Waals surface area contributed by atoms with Crippen LogP contribution in [0.4, 0.5) is 4.79 Å². The van der Waals surface area contributed by atoms with E-state index in [9.17, 15) is 22.8 Å². The Morgan fingerprint density at radius 3 is 2.52 bits per heavy atom. The summed E-state index contributed by atoms with van der Waals surface area (Å²) in [5, 5.41) is 4.37. The number of carbonyl (C=O) groups is 3. The third-order valence-electron chi connectivity index (χ3n) is 3.41. The predicted octanol–water partition coefficient (Wildman–Crippen LogP) is 1.26. The van der Waals surface area contributed by atoms with E-state index in [4.69, 9.17) is 9.15 Å². The molecule has 0 saturated carbocycles. The molecule has 0 saturated heterocycles. The van der Waals surface area contributed by atoms with Gasteiger partial charge in [0, 0.05) is 0 Å². The number of urea groups is 1. The van der Waals surface area contributed by atoms with Crippen LogP contribution < -0.4 is 10.6 Å². The minimum atomic E-state index is -3.63. The van der Waals surface area contributed by atoms with Crippen LogP contribution in [-0.2, 0) is 25.9 Å². The number of nitrogens with one attached hydrogen (secondary N) is 2. The molecule has 9 nitrogen and oxygen atoms in total. The highest BCUT2D eigenvalue weighted by Gasteiger charge is 2.22. The summed E-state index contributed by atoms with van der Waals surface area (Å²) in [5.41, 5.74) is -0.172. The maximum absolute atomic E-state index is 12.1. The lowest BCUT2D eigenvalue weighted by molar-refractivity contribution is -0.123. The topological polar surface area (TPSA) is 132 Å². The van der Waals surface area contributed by atoms with Gasteiger partial charge < -0.3 is 14.5 Å². The first-order valence-electron chi connectivity index (χ1n) is 7.92. The van der Waals surface area contributed by atoms with Crippen LogP contribution in [0.1, 0.15) is 23.0 Å². The fourth-order valence-corrected chi connectivity index (χ4v) is 3.14. The van der Waals surface area contributed by atoms with E-state index in [-0.39, 0.29) is 22.8 Å². The number of esters is 1. The third-order valence-corrected chi connectivity index (χ3v) is 5.20. The minimum absolute atomic E-state index is 0.0775. The van der Waals surface area contributed by atoms with Crippen molar-refractivity contribution in [1.82, 2.24) is 10.6 Å². The van der Waals surface area contributed by atoms with Crippen LogP contribution in [-0.4, -0.2) is 38.7 Å². The van der Waals surface area contributed by atoms with Crippen molar-refractivity contribution < 1.29 is 32.0 Å². The molecule has 1 aromatic heterocycles. The molecule has 0 spiro atoms. The number of hydrogen-bond donors (Lipinski definition) is 2. The summed E-state index contributed by atoms with van der Waals surface area (Å²) in [6.07, 6.45) is 1.44. The van der Waals surface area contributed by atoms with Crippen molar-refractivity contribution in [3.63, 3.8) is 0 Å². The quantitative estimate of drug-likeness (QED) is 0.676. The number of furan rings is 1. The van der Waals surface area contributed by atoms with Gasteiger partial charge in [-0.25, -0.2) is 18.0 Å². The summed E-state index contributed by atoms with van der Waals surface area (Å²) >= 11 is 0. The second kappa shape index (κ2) is 8.99. The average Bonchev–Trinajstić information content (AvgIpc) is 3.18. The van der Waals surface area contributed by atoms with Gasteiger partial charge in [0.05, 0.1) is 29.0 Å². The van der Waals surface area contributed by atoms with Crippen LogP contribution >= 0.6 is 0 Å². The molecule has 0 bridgehead atoms. The third kappa shape index (κ3) is 5.68. The summed E-state index contributed by atoms with van der Waals surface area (Å²) in [6, 6.07) is 8.04. The largest absolute Gasteiger partial charge is 0.467 e. The van der Waals surface area contributed by atoms with Crippen molar-refractivity contribution in [3.05, 3.63) is 54.0 Å². The zero-order valence-corrected chi connectivity index (χ0v) is 15.2. The lowest BCUT2D eigenvalue weighted by atomic mass is 10.2. The number of carbonyl (C=O) groups excluding carboxylic acids is 3. The molecule has 2 rings (SSSR count). The molecule has 0 fully saturated rings. The fourth-order valence-electron chi connectivity index (χ4n) is 2.06. The van der Waals surface area contributed by atoms with Crippen molar-refractivity contribution in [2.45, 2.75) is 18.4 Å². The lowest BCUT2D eigenvalue weighted by Crippen LogP contribution is -2.41. The average molecular weight is 394 g/mol. The van der Waals surface area contributed by atoms with Crippen LogP contribution in [0, 0.1) is 0 Å². The van der Waals surface area contributed by atoms with E-state index >= 15 is 0 Å². The summed E-state index contributed by atoms with van der Waals surface area (Å²) in [6.45, 7) is 0.786. The van der Waals surface area contributed by atoms with Crippen LogP contribution in [0.5, 0.6) is 0 Å². The maximum Gasteiger partial charge on any atom is 0.339 e. The Morgan fingerprint density at radius 2 is 1.85 bits per heavy atom. The second-order valence-corrected chi connectivity index (χ2v) is 7.53. The van der Waals surface area contributed by atoms with Crippen LogP contribution in [0.3, 0.4) is 0 Å². The second-order valence-electron chi connectivity index (χ2n) is 5.29. The molecule has 1 heterocycles. The van der Waals surface area contributed by atoms with Crippen molar-refractivity contribution in [3.8, 4) is 0 Å². The molecule has 0 aliphatic heterocycles. The van der Waals surface area contributed by atoms with Gasteiger partial charge in [0.1, 0.15) is 5.76 Å². The Kier molecular flexibility index (Phi) is 6.72. The Hall–Kier alpha value is -3.14. The van der Waals surface area contributed by atoms with E-state index in [2.05, 4.69) is 5.32 Å². The number of sulfone groups is 1. The van der Waals surface area contributed by atoms with Gasteiger partial charge in [0.25, 0.3) is 5.91 Å². The molecular weight excluding hydrogens is 376 g/mol. The lowest BCUT2D eigenvalue weighted by Gasteiger charge is -2.09. The van der Waals surface area contributed by atoms with Crippen molar-refractivity contribution >= 4 is 27.7 Å². The molecule has 0 aliphatic rings. The fraction of sp³-hybridized carbons (Fsp3) is 0.235. The first-order chi connectivity index (χ1) is 12.8. The summed E-state index contributed by atoms with van der Waals surface area (Å²) in [4.78, 5) is 35.2. The SMILES string of the molecule is CCS(=O)(=O)c1ccccc1C(=O)OCC(=O)NC(=O)NCc1ccco1. The molecule has 0 unspecified atom stereocenters. The maximum atomic E-state index is 12.1. The Labute approximate surface area is 155 Å². The zero-order chi connectivity index (χ0) is 19.9.